The fourth-order valence-electron chi connectivity index (χ4n) is 2.97. The van der Waals surface area contributed by atoms with Gasteiger partial charge in [0.05, 0.1) is 7.11 Å². The molecule has 1 fully saturated rings. The molecule has 3 heteroatoms. The van der Waals surface area contributed by atoms with Gasteiger partial charge < -0.3 is 15.0 Å². The minimum Gasteiger partial charge on any atom is -0.496 e. The molecule has 0 radical (unpaired) electrons. The summed E-state index contributed by atoms with van der Waals surface area (Å²) < 4.78 is 5.38. The number of ether oxygens (including phenoxy) is 1. The molecule has 1 unspecified atom stereocenters. The molecule has 0 aromatic heterocycles. The lowest BCUT2D eigenvalue weighted by molar-refractivity contribution is 0.381. The van der Waals surface area contributed by atoms with Crippen molar-refractivity contribution in [1.29, 1.82) is 0 Å². The van der Waals surface area contributed by atoms with Crippen LogP contribution in [0, 0.1) is 19.8 Å². The van der Waals surface area contributed by atoms with E-state index in [1.54, 1.807) is 7.11 Å². The number of rotatable bonds is 4. The zero-order chi connectivity index (χ0) is 13.8. The molecule has 1 aromatic rings. The van der Waals surface area contributed by atoms with Crippen LogP contribution < -0.4 is 15.0 Å². The van der Waals surface area contributed by atoms with Gasteiger partial charge in [-0.3, -0.25) is 0 Å². The molecule has 1 saturated heterocycles. The van der Waals surface area contributed by atoms with Crippen LogP contribution in [-0.4, -0.2) is 33.8 Å². The van der Waals surface area contributed by atoms with E-state index in [1.165, 1.54) is 36.2 Å². The number of methoxy groups -OCH3 is 1. The van der Waals surface area contributed by atoms with Gasteiger partial charge in [-0.2, -0.15) is 0 Å². The number of nitrogens with zero attached hydrogens (tertiary/aromatic N) is 1. The van der Waals surface area contributed by atoms with Crippen molar-refractivity contribution in [1.82, 2.24) is 5.32 Å². The van der Waals surface area contributed by atoms with E-state index in [1.807, 2.05) is 0 Å². The standard InChI is InChI=1S/C16H26N2O/c1-12-9-16(19-4)13(2)8-15(12)18(3)11-14-6-5-7-17-10-14/h8-9,14,17H,5-7,10-11H2,1-4H3. The first-order valence-corrected chi connectivity index (χ1v) is 7.19. The summed E-state index contributed by atoms with van der Waals surface area (Å²) in [5.74, 6) is 1.74. The highest BCUT2D eigenvalue weighted by Gasteiger charge is 2.16. The second-order valence-corrected chi connectivity index (χ2v) is 5.70. The highest BCUT2D eigenvalue weighted by atomic mass is 16.5. The van der Waals surface area contributed by atoms with E-state index in [4.69, 9.17) is 4.74 Å². The van der Waals surface area contributed by atoms with Crippen molar-refractivity contribution >= 4 is 5.69 Å². The predicted molar refractivity (Wildman–Crippen MR) is 81.3 cm³/mol. The average molecular weight is 262 g/mol. The Labute approximate surface area is 116 Å². The van der Waals surface area contributed by atoms with Crippen molar-refractivity contribution in [2.24, 2.45) is 5.92 Å². The van der Waals surface area contributed by atoms with Crippen LogP contribution in [0.2, 0.25) is 0 Å². The van der Waals surface area contributed by atoms with Gasteiger partial charge in [-0.25, -0.2) is 0 Å². The van der Waals surface area contributed by atoms with Gasteiger partial charge in [-0.15, -0.1) is 0 Å². The number of anilines is 1. The SMILES string of the molecule is COc1cc(C)c(N(C)CC2CCCNC2)cc1C. The van der Waals surface area contributed by atoms with Crippen molar-refractivity contribution in [2.45, 2.75) is 26.7 Å². The van der Waals surface area contributed by atoms with Gasteiger partial charge in [0, 0.05) is 19.3 Å². The maximum absolute atomic E-state index is 5.38. The van der Waals surface area contributed by atoms with Crippen LogP contribution in [0.3, 0.4) is 0 Å². The van der Waals surface area contributed by atoms with E-state index < -0.39 is 0 Å². The number of hydrogen-bond donors (Lipinski definition) is 1. The van der Waals surface area contributed by atoms with Gasteiger partial charge in [0.15, 0.2) is 0 Å². The van der Waals surface area contributed by atoms with E-state index in [9.17, 15) is 0 Å². The second-order valence-electron chi connectivity index (χ2n) is 5.70. The smallest absolute Gasteiger partial charge is 0.122 e. The van der Waals surface area contributed by atoms with E-state index in [0.717, 1.165) is 24.8 Å². The summed E-state index contributed by atoms with van der Waals surface area (Å²) in [5, 5.41) is 3.49. The van der Waals surface area contributed by atoms with Crippen molar-refractivity contribution in [3.05, 3.63) is 23.3 Å². The molecule has 0 saturated carbocycles. The molecule has 106 valence electrons. The minimum atomic E-state index is 0.764. The molecule has 0 spiro atoms. The number of nitrogens with one attached hydrogen (secondary N) is 1. The van der Waals surface area contributed by atoms with E-state index in [0.29, 0.717) is 0 Å². The molecule has 1 aromatic carbocycles. The maximum Gasteiger partial charge on any atom is 0.122 e. The summed E-state index contributed by atoms with van der Waals surface area (Å²) in [5.41, 5.74) is 3.81. The number of benzene rings is 1. The predicted octanol–water partition coefficient (Wildman–Crippen LogP) is 2.75. The molecular formula is C16H26N2O. The molecule has 3 nitrogen and oxygen atoms in total. The zero-order valence-corrected chi connectivity index (χ0v) is 12.6. The minimum absolute atomic E-state index is 0.764. The van der Waals surface area contributed by atoms with Crippen LogP contribution in [0.15, 0.2) is 12.1 Å². The van der Waals surface area contributed by atoms with Gasteiger partial charge >= 0.3 is 0 Å². The third-order valence-corrected chi connectivity index (χ3v) is 4.06. The van der Waals surface area contributed by atoms with Gasteiger partial charge in [-0.05, 0) is 69.0 Å². The first-order chi connectivity index (χ1) is 9.11. The first-order valence-electron chi connectivity index (χ1n) is 7.19. The van der Waals surface area contributed by atoms with Gasteiger partial charge in [0.25, 0.3) is 0 Å². The van der Waals surface area contributed by atoms with Crippen LogP contribution in [0.4, 0.5) is 5.69 Å². The van der Waals surface area contributed by atoms with Gasteiger partial charge in [0.2, 0.25) is 0 Å². The van der Waals surface area contributed by atoms with Crippen LogP contribution in [0.1, 0.15) is 24.0 Å². The Morgan fingerprint density at radius 3 is 2.74 bits per heavy atom. The summed E-state index contributed by atoms with van der Waals surface area (Å²) in [6.07, 6.45) is 2.64. The number of piperidine rings is 1. The topological polar surface area (TPSA) is 24.5 Å². The molecule has 1 aliphatic heterocycles. The Morgan fingerprint density at radius 1 is 1.32 bits per heavy atom. The summed E-state index contributed by atoms with van der Waals surface area (Å²) in [6.45, 7) is 7.73. The van der Waals surface area contributed by atoms with E-state index >= 15 is 0 Å². The third-order valence-electron chi connectivity index (χ3n) is 4.06. The first kappa shape index (κ1) is 14.2. The van der Waals surface area contributed by atoms with Crippen LogP contribution in [0.5, 0.6) is 5.75 Å². The van der Waals surface area contributed by atoms with Crippen LogP contribution in [-0.2, 0) is 0 Å². The van der Waals surface area contributed by atoms with Crippen molar-refractivity contribution in [3.8, 4) is 5.75 Å². The molecule has 0 amide bonds. The Morgan fingerprint density at radius 2 is 2.11 bits per heavy atom. The summed E-state index contributed by atoms with van der Waals surface area (Å²) in [4.78, 5) is 2.39. The van der Waals surface area contributed by atoms with E-state index in [2.05, 4.69) is 43.2 Å². The molecule has 19 heavy (non-hydrogen) atoms. The maximum atomic E-state index is 5.38. The van der Waals surface area contributed by atoms with Gasteiger partial charge in [0.1, 0.15) is 5.75 Å². The lowest BCUT2D eigenvalue weighted by Crippen LogP contribution is -2.37. The summed E-state index contributed by atoms with van der Waals surface area (Å²) in [7, 11) is 3.93. The Balaban J connectivity index is 2.09. The lowest BCUT2D eigenvalue weighted by atomic mass is 9.98. The van der Waals surface area contributed by atoms with Crippen molar-refractivity contribution in [3.63, 3.8) is 0 Å². The fourth-order valence-corrected chi connectivity index (χ4v) is 2.97. The van der Waals surface area contributed by atoms with Crippen molar-refractivity contribution in [2.75, 3.05) is 38.7 Å². The van der Waals surface area contributed by atoms with Crippen LogP contribution in [0.25, 0.3) is 0 Å². The summed E-state index contributed by atoms with van der Waals surface area (Å²) in [6, 6.07) is 4.38. The quantitative estimate of drug-likeness (QED) is 0.903. The molecule has 1 atom stereocenters. The Kier molecular flexibility index (Phi) is 4.70. The van der Waals surface area contributed by atoms with Crippen molar-refractivity contribution < 1.29 is 4.74 Å². The highest BCUT2D eigenvalue weighted by molar-refractivity contribution is 5.58. The largest absolute Gasteiger partial charge is 0.496 e. The zero-order valence-electron chi connectivity index (χ0n) is 12.6. The highest BCUT2D eigenvalue weighted by Crippen LogP contribution is 2.28. The van der Waals surface area contributed by atoms with Crippen LogP contribution >= 0.6 is 0 Å². The average Bonchev–Trinajstić information content (AvgIpc) is 2.42. The second kappa shape index (κ2) is 6.29. The molecule has 1 N–H and O–H groups in total. The normalized spacial score (nSPS) is 19.3. The monoisotopic (exact) mass is 262 g/mol. The summed E-state index contributed by atoms with van der Waals surface area (Å²) >= 11 is 0. The number of aryl methyl sites for hydroxylation is 2. The third kappa shape index (κ3) is 3.41. The molecular weight excluding hydrogens is 236 g/mol. The molecule has 1 heterocycles. The molecule has 0 aliphatic carbocycles. The molecule has 1 aliphatic rings. The molecule has 2 rings (SSSR count). The number of hydrogen-bond acceptors (Lipinski definition) is 3. The fraction of sp³-hybridized carbons (Fsp3) is 0.625. The molecule has 0 bridgehead atoms. The Hall–Kier alpha value is -1.22. The lowest BCUT2D eigenvalue weighted by Gasteiger charge is -2.30. The van der Waals surface area contributed by atoms with Gasteiger partial charge in [-0.1, -0.05) is 0 Å². The van der Waals surface area contributed by atoms with E-state index in [-0.39, 0.29) is 0 Å². The Bertz CT molecular complexity index is 425.